The van der Waals surface area contributed by atoms with Crippen molar-refractivity contribution < 1.29 is 14.3 Å². The van der Waals surface area contributed by atoms with Gasteiger partial charge in [-0.25, -0.2) is 0 Å². The molecule has 1 amide bonds. The second kappa shape index (κ2) is 13.4. The van der Waals surface area contributed by atoms with Gasteiger partial charge in [-0.15, -0.1) is 0 Å². The number of nitrogens with one attached hydrogen (secondary N) is 1. The number of benzene rings is 2. The largest absolute Gasteiger partial charge is 0.491 e. The van der Waals surface area contributed by atoms with E-state index in [1.54, 1.807) is 0 Å². The summed E-state index contributed by atoms with van der Waals surface area (Å²) in [6.45, 7) is 12.0. The lowest BCUT2D eigenvalue weighted by Gasteiger charge is -2.24. The maximum Gasteiger partial charge on any atom is 0.251 e. The second-order valence-electron chi connectivity index (χ2n) is 9.35. The SMILES string of the molecule is CCCCNC(=O)c1ccc2c(c1)Cc1cccc(c1)CN(CCC(C)C)CCOCCO2. The molecule has 5 heteroatoms. The van der Waals surface area contributed by atoms with Gasteiger partial charge < -0.3 is 14.8 Å². The van der Waals surface area contributed by atoms with Crippen LogP contribution in [0.2, 0.25) is 0 Å². The van der Waals surface area contributed by atoms with Crippen LogP contribution in [-0.2, 0) is 17.7 Å². The van der Waals surface area contributed by atoms with Crippen LogP contribution in [0.1, 0.15) is 67.1 Å². The van der Waals surface area contributed by atoms with Crippen LogP contribution in [0.5, 0.6) is 5.75 Å². The molecule has 1 aliphatic heterocycles. The van der Waals surface area contributed by atoms with Crippen molar-refractivity contribution in [2.24, 2.45) is 5.92 Å². The summed E-state index contributed by atoms with van der Waals surface area (Å²) in [4.78, 5) is 15.1. The number of carbonyl (C=O) groups is 1. The molecule has 0 fully saturated rings. The highest BCUT2D eigenvalue weighted by Gasteiger charge is 2.13. The van der Waals surface area contributed by atoms with Gasteiger partial charge in [0.1, 0.15) is 12.4 Å². The van der Waals surface area contributed by atoms with Gasteiger partial charge in [0.2, 0.25) is 0 Å². The highest BCUT2D eigenvalue weighted by molar-refractivity contribution is 5.94. The summed E-state index contributed by atoms with van der Waals surface area (Å²) < 4.78 is 11.9. The molecule has 5 nitrogen and oxygen atoms in total. The first-order valence-corrected chi connectivity index (χ1v) is 12.5. The lowest BCUT2D eigenvalue weighted by Crippen LogP contribution is -2.29. The zero-order valence-electron chi connectivity index (χ0n) is 20.6. The van der Waals surface area contributed by atoms with E-state index in [9.17, 15) is 4.79 Å². The Balaban J connectivity index is 1.81. The smallest absolute Gasteiger partial charge is 0.251 e. The normalized spacial score (nSPS) is 15.4. The van der Waals surface area contributed by atoms with Gasteiger partial charge in [0.05, 0.1) is 13.2 Å². The number of hydrogen-bond donors (Lipinski definition) is 1. The van der Waals surface area contributed by atoms with E-state index in [4.69, 9.17) is 9.47 Å². The molecule has 3 rings (SSSR count). The van der Waals surface area contributed by atoms with Gasteiger partial charge in [0, 0.05) is 31.6 Å². The summed E-state index contributed by atoms with van der Waals surface area (Å²) in [7, 11) is 0. The number of carbonyl (C=O) groups excluding carboxylic acids is 1. The minimum Gasteiger partial charge on any atom is -0.491 e. The van der Waals surface area contributed by atoms with Gasteiger partial charge in [-0.05, 0) is 60.2 Å². The number of amides is 1. The summed E-state index contributed by atoms with van der Waals surface area (Å²) >= 11 is 0. The minimum atomic E-state index is -0.0245. The monoisotopic (exact) mass is 452 g/mol. The van der Waals surface area contributed by atoms with Gasteiger partial charge >= 0.3 is 0 Å². The molecule has 0 saturated carbocycles. The van der Waals surface area contributed by atoms with Crippen LogP contribution in [0.4, 0.5) is 0 Å². The number of unbranched alkanes of at least 4 members (excludes halogenated alkanes) is 1. The molecule has 1 aliphatic rings. The van der Waals surface area contributed by atoms with E-state index in [0.29, 0.717) is 37.8 Å². The number of nitrogens with zero attached hydrogens (tertiary/aromatic N) is 1. The molecule has 2 aromatic carbocycles. The lowest BCUT2D eigenvalue weighted by atomic mass is 9.99. The molecule has 0 saturated heterocycles. The fraction of sp³-hybridized carbons (Fsp3) is 0.536. The average Bonchev–Trinajstić information content (AvgIpc) is 2.80. The van der Waals surface area contributed by atoms with Crippen molar-refractivity contribution in [3.63, 3.8) is 0 Å². The molecule has 0 spiro atoms. The topological polar surface area (TPSA) is 50.8 Å². The van der Waals surface area contributed by atoms with Crippen molar-refractivity contribution in [3.05, 3.63) is 64.7 Å². The Hall–Kier alpha value is -2.37. The first kappa shape index (κ1) is 25.3. The van der Waals surface area contributed by atoms with E-state index in [1.807, 2.05) is 18.2 Å². The molecule has 2 aromatic rings. The van der Waals surface area contributed by atoms with E-state index < -0.39 is 0 Å². The average molecular weight is 453 g/mol. The number of ether oxygens (including phenoxy) is 2. The highest BCUT2D eigenvalue weighted by Crippen LogP contribution is 2.24. The molecular weight excluding hydrogens is 412 g/mol. The van der Waals surface area contributed by atoms with Crippen LogP contribution < -0.4 is 10.1 Å². The number of fused-ring (bicyclic) bond motifs is 3. The molecule has 2 bridgehead atoms. The summed E-state index contributed by atoms with van der Waals surface area (Å²) in [5.74, 6) is 1.48. The van der Waals surface area contributed by atoms with E-state index in [1.165, 1.54) is 17.5 Å². The van der Waals surface area contributed by atoms with Crippen LogP contribution in [0.3, 0.4) is 0 Å². The van der Waals surface area contributed by atoms with Crippen molar-refractivity contribution in [2.45, 2.75) is 53.0 Å². The molecule has 1 heterocycles. The maximum atomic E-state index is 12.6. The summed E-state index contributed by atoms with van der Waals surface area (Å²) in [6, 6.07) is 14.5. The predicted molar refractivity (Wildman–Crippen MR) is 134 cm³/mol. The van der Waals surface area contributed by atoms with Crippen molar-refractivity contribution in [1.82, 2.24) is 10.2 Å². The zero-order valence-corrected chi connectivity index (χ0v) is 20.6. The van der Waals surface area contributed by atoms with Crippen LogP contribution >= 0.6 is 0 Å². The van der Waals surface area contributed by atoms with Gasteiger partial charge in [-0.2, -0.15) is 0 Å². The van der Waals surface area contributed by atoms with Crippen molar-refractivity contribution >= 4 is 5.91 Å². The van der Waals surface area contributed by atoms with E-state index in [0.717, 1.165) is 50.2 Å². The lowest BCUT2D eigenvalue weighted by molar-refractivity contribution is 0.0764. The van der Waals surface area contributed by atoms with Crippen LogP contribution in [-0.4, -0.2) is 50.3 Å². The van der Waals surface area contributed by atoms with Crippen molar-refractivity contribution in [1.29, 1.82) is 0 Å². The van der Waals surface area contributed by atoms with Crippen molar-refractivity contribution in [3.8, 4) is 5.75 Å². The standard InChI is InChI=1S/C28H40N2O3/c1-4-5-12-29-28(31)25-9-10-27-26(20-25)19-23-7-6-8-24(18-23)21-30(13-11-22(2)3)14-15-32-16-17-33-27/h6-10,18,20,22H,4-5,11-17,19,21H2,1-3H3,(H,29,31). The Kier molecular flexibility index (Phi) is 10.2. The number of hydrogen-bond acceptors (Lipinski definition) is 4. The fourth-order valence-corrected chi connectivity index (χ4v) is 4.01. The molecule has 1 N–H and O–H groups in total. The van der Waals surface area contributed by atoms with Gasteiger partial charge in [-0.3, -0.25) is 9.69 Å². The minimum absolute atomic E-state index is 0.0245. The third kappa shape index (κ3) is 8.49. The summed E-state index contributed by atoms with van der Waals surface area (Å²) in [6.07, 6.45) is 3.96. The maximum absolute atomic E-state index is 12.6. The molecule has 180 valence electrons. The van der Waals surface area contributed by atoms with Gasteiger partial charge in [0.15, 0.2) is 0 Å². The highest BCUT2D eigenvalue weighted by atomic mass is 16.5. The predicted octanol–water partition coefficient (Wildman–Crippen LogP) is 5.06. The Labute approximate surface area is 199 Å². The molecule has 0 radical (unpaired) electrons. The van der Waals surface area contributed by atoms with E-state index in [-0.39, 0.29) is 5.91 Å². The first-order valence-electron chi connectivity index (χ1n) is 12.5. The Morgan fingerprint density at radius 2 is 1.94 bits per heavy atom. The first-order chi connectivity index (χ1) is 16.0. The second-order valence-corrected chi connectivity index (χ2v) is 9.35. The molecule has 0 aromatic heterocycles. The summed E-state index contributed by atoms with van der Waals surface area (Å²) in [5.41, 5.74) is 4.26. The Morgan fingerprint density at radius 3 is 2.76 bits per heavy atom. The molecule has 0 atom stereocenters. The van der Waals surface area contributed by atoms with Crippen LogP contribution in [0, 0.1) is 5.92 Å². The fourth-order valence-electron chi connectivity index (χ4n) is 4.01. The molecule has 0 unspecified atom stereocenters. The third-order valence-corrected chi connectivity index (χ3v) is 5.99. The quantitative estimate of drug-likeness (QED) is 0.596. The zero-order chi connectivity index (χ0) is 23.5. The Bertz CT molecular complexity index is 881. The Morgan fingerprint density at radius 1 is 1.09 bits per heavy atom. The third-order valence-electron chi connectivity index (χ3n) is 5.99. The summed E-state index contributed by atoms with van der Waals surface area (Å²) in [5, 5.41) is 3.02. The van der Waals surface area contributed by atoms with E-state index in [2.05, 4.69) is 55.3 Å². The van der Waals surface area contributed by atoms with E-state index >= 15 is 0 Å². The molecule has 33 heavy (non-hydrogen) atoms. The molecule has 0 aliphatic carbocycles. The number of rotatable bonds is 7. The van der Waals surface area contributed by atoms with Crippen LogP contribution in [0.15, 0.2) is 42.5 Å². The molecular formula is C28H40N2O3. The van der Waals surface area contributed by atoms with Gasteiger partial charge in [0.25, 0.3) is 5.91 Å². The van der Waals surface area contributed by atoms with Crippen molar-refractivity contribution in [2.75, 3.05) is 39.5 Å². The van der Waals surface area contributed by atoms with Crippen LogP contribution in [0.25, 0.3) is 0 Å². The van der Waals surface area contributed by atoms with Gasteiger partial charge in [-0.1, -0.05) is 51.5 Å².